The van der Waals surface area contributed by atoms with Crippen molar-refractivity contribution in [3.63, 3.8) is 0 Å². The van der Waals surface area contributed by atoms with Gasteiger partial charge in [-0.2, -0.15) is 30.6 Å². The second-order valence-corrected chi connectivity index (χ2v) is 12.7. The highest BCUT2D eigenvalue weighted by Crippen LogP contribution is 2.42. The predicted octanol–water partition coefficient (Wildman–Crippen LogP) is 4.68. The fourth-order valence-corrected chi connectivity index (χ4v) is 8.14. The summed E-state index contributed by atoms with van der Waals surface area (Å²) < 4.78 is 124. The summed E-state index contributed by atoms with van der Waals surface area (Å²) >= 11 is 0. The van der Waals surface area contributed by atoms with Gasteiger partial charge in [0, 0.05) is 24.2 Å². The molecule has 0 saturated carbocycles. The van der Waals surface area contributed by atoms with E-state index in [1.54, 1.807) is 0 Å². The normalized spacial score (nSPS) is 14.3. The van der Waals surface area contributed by atoms with Crippen LogP contribution in [0, 0.1) is 0 Å². The smallest absolute Gasteiger partial charge is 0.287 e. The highest BCUT2D eigenvalue weighted by atomic mass is 32.2. The van der Waals surface area contributed by atoms with Gasteiger partial charge in [-0.3, -0.25) is 4.79 Å². The van der Waals surface area contributed by atoms with Crippen LogP contribution in [-0.4, -0.2) is 67.5 Å². The Morgan fingerprint density at radius 2 is 0.971 bits per heavy atom. The number of ketones is 1. The molecule has 0 fully saturated rings. The monoisotopic (exact) mass is 550 g/mol. The third-order valence-electron chi connectivity index (χ3n) is 5.00. The zero-order valence-electron chi connectivity index (χ0n) is 20.7. The Morgan fingerprint density at radius 3 is 1.20 bits per heavy atom. The molecule has 35 heavy (non-hydrogen) atoms. The van der Waals surface area contributed by atoms with Gasteiger partial charge in [-0.15, -0.1) is 0 Å². The van der Waals surface area contributed by atoms with Crippen LogP contribution in [0.5, 0.6) is 0 Å². The second kappa shape index (κ2) is 10.4. The van der Waals surface area contributed by atoms with E-state index in [2.05, 4.69) is 0 Å². The van der Waals surface area contributed by atoms with Crippen molar-refractivity contribution in [2.45, 2.75) is 101 Å². The van der Waals surface area contributed by atoms with Gasteiger partial charge in [-0.1, -0.05) is 6.07 Å². The maximum Gasteiger partial charge on any atom is 0.461 e. The van der Waals surface area contributed by atoms with E-state index < -0.39 is 77.5 Å². The summed E-state index contributed by atoms with van der Waals surface area (Å²) in [5.41, 5.74) is -1.73. The molecule has 0 aromatic heterocycles. The summed E-state index contributed by atoms with van der Waals surface area (Å²) in [7, 11) is -9.80. The number of hydrogen-bond donors (Lipinski definition) is 0. The van der Waals surface area contributed by atoms with Crippen molar-refractivity contribution in [1.29, 1.82) is 0 Å². The lowest BCUT2D eigenvalue weighted by Crippen LogP contribution is -2.47. The second-order valence-electron chi connectivity index (χ2n) is 9.08. The Morgan fingerprint density at radius 1 is 0.686 bits per heavy atom. The molecule has 0 unspecified atom stereocenters. The average Bonchev–Trinajstić information content (AvgIpc) is 2.63. The maximum absolute atomic E-state index is 14.3. The first-order chi connectivity index (χ1) is 15.5. The van der Waals surface area contributed by atoms with Gasteiger partial charge in [0.05, 0.1) is 15.4 Å². The standard InChI is InChI=1S/C21H31F5N2O5S2/c1-12(2)27(13(3)4)34(30,31)16-10-9-11-17(35(32,33)28(14(5)6)15(7)8)18(16)19(29)20(22,23)21(24,25)26/h9-15H,1-8H3. The van der Waals surface area contributed by atoms with Crippen molar-refractivity contribution in [3.05, 3.63) is 23.8 Å². The van der Waals surface area contributed by atoms with Crippen molar-refractivity contribution in [2.24, 2.45) is 0 Å². The van der Waals surface area contributed by atoms with E-state index in [1.165, 1.54) is 55.4 Å². The molecule has 14 heteroatoms. The highest BCUT2D eigenvalue weighted by molar-refractivity contribution is 7.90. The number of Topliss-reactive ketones (excluding diaryl/α,β-unsaturated/α-hetero) is 1. The minimum Gasteiger partial charge on any atom is -0.287 e. The lowest BCUT2D eigenvalue weighted by molar-refractivity contribution is -0.255. The topological polar surface area (TPSA) is 91.8 Å². The minimum absolute atomic E-state index is 0.654. The predicted molar refractivity (Wildman–Crippen MR) is 120 cm³/mol. The molecule has 0 saturated heterocycles. The van der Waals surface area contributed by atoms with Crippen LogP contribution in [-0.2, 0) is 20.0 Å². The Hall–Kier alpha value is -1.64. The average molecular weight is 551 g/mol. The molecule has 1 rings (SSSR count). The van der Waals surface area contributed by atoms with Crippen LogP contribution >= 0.6 is 0 Å². The van der Waals surface area contributed by atoms with Gasteiger partial charge in [0.15, 0.2) is 0 Å². The van der Waals surface area contributed by atoms with Crippen LogP contribution in [0.2, 0.25) is 0 Å². The summed E-state index contributed by atoms with van der Waals surface area (Å²) in [6.45, 7) is 11.5. The molecule has 1 aromatic carbocycles. The highest BCUT2D eigenvalue weighted by Gasteiger charge is 2.64. The van der Waals surface area contributed by atoms with Crippen molar-refractivity contribution >= 4 is 25.8 Å². The zero-order chi connectivity index (χ0) is 27.9. The van der Waals surface area contributed by atoms with Crippen LogP contribution < -0.4 is 0 Å². The molecule has 1 aromatic rings. The van der Waals surface area contributed by atoms with Crippen molar-refractivity contribution < 1.29 is 43.6 Å². The first-order valence-corrected chi connectivity index (χ1v) is 13.6. The number of halogens is 5. The molecule has 0 aliphatic heterocycles. The van der Waals surface area contributed by atoms with E-state index in [9.17, 15) is 43.6 Å². The summed E-state index contributed by atoms with van der Waals surface area (Å²) in [5.74, 6) is -9.02. The van der Waals surface area contributed by atoms with Crippen LogP contribution in [0.4, 0.5) is 22.0 Å². The van der Waals surface area contributed by atoms with Crippen molar-refractivity contribution in [1.82, 2.24) is 8.61 Å². The molecular formula is C21H31F5N2O5S2. The van der Waals surface area contributed by atoms with Gasteiger partial charge in [0.1, 0.15) is 0 Å². The van der Waals surface area contributed by atoms with Crippen LogP contribution in [0.25, 0.3) is 0 Å². The molecule has 0 atom stereocenters. The summed E-state index contributed by atoms with van der Waals surface area (Å²) in [4.78, 5) is 10.2. The molecule has 0 N–H and O–H groups in total. The van der Waals surface area contributed by atoms with E-state index in [4.69, 9.17) is 0 Å². The quantitative estimate of drug-likeness (QED) is 0.312. The molecule has 0 bridgehead atoms. The molecular weight excluding hydrogens is 519 g/mol. The van der Waals surface area contributed by atoms with Crippen molar-refractivity contribution in [2.75, 3.05) is 0 Å². The fraction of sp³-hybridized carbons (Fsp3) is 0.667. The number of benzene rings is 1. The molecule has 7 nitrogen and oxygen atoms in total. The molecule has 0 radical (unpaired) electrons. The van der Waals surface area contributed by atoms with Crippen LogP contribution in [0.15, 0.2) is 28.0 Å². The van der Waals surface area contributed by atoms with Gasteiger partial charge in [0.2, 0.25) is 25.8 Å². The first kappa shape index (κ1) is 31.4. The van der Waals surface area contributed by atoms with Gasteiger partial charge >= 0.3 is 12.1 Å². The zero-order valence-corrected chi connectivity index (χ0v) is 22.3. The van der Waals surface area contributed by atoms with E-state index in [1.807, 2.05) is 0 Å². The Labute approximate surface area is 203 Å². The van der Waals surface area contributed by atoms with E-state index in [0.29, 0.717) is 12.1 Å². The van der Waals surface area contributed by atoms with E-state index >= 15 is 0 Å². The third kappa shape index (κ3) is 5.86. The number of alkyl halides is 5. The number of carbonyl (C=O) groups excluding carboxylic acids is 1. The summed E-state index contributed by atoms with van der Waals surface area (Å²) in [6.07, 6.45) is -6.40. The number of carbonyl (C=O) groups is 1. The van der Waals surface area contributed by atoms with Gasteiger partial charge in [-0.25, -0.2) is 16.8 Å². The first-order valence-electron chi connectivity index (χ1n) is 10.7. The third-order valence-corrected chi connectivity index (χ3v) is 9.59. The summed E-state index contributed by atoms with van der Waals surface area (Å²) in [5, 5.41) is 0. The largest absolute Gasteiger partial charge is 0.461 e. The molecule has 0 heterocycles. The molecule has 202 valence electrons. The Kier molecular flexibility index (Phi) is 9.31. The van der Waals surface area contributed by atoms with E-state index in [-0.39, 0.29) is 0 Å². The lowest BCUT2D eigenvalue weighted by Gasteiger charge is -2.33. The van der Waals surface area contributed by atoms with Gasteiger partial charge in [-0.05, 0) is 67.5 Å². The van der Waals surface area contributed by atoms with Crippen LogP contribution in [0.3, 0.4) is 0 Å². The fourth-order valence-electron chi connectivity index (χ4n) is 3.98. The molecule has 0 aliphatic rings. The Balaban J connectivity index is 4.28. The van der Waals surface area contributed by atoms with Gasteiger partial charge in [0.25, 0.3) is 0 Å². The number of sulfonamides is 2. The van der Waals surface area contributed by atoms with Crippen LogP contribution in [0.1, 0.15) is 65.7 Å². The van der Waals surface area contributed by atoms with Gasteiger partial charge < -0.3 is 0 Å². The minimum atomic E-state index is -6.40. The molecule has 0 spiro atoms. The van der Waals surface area contributed by atoms with Crippen molar-refractivity contribution in [3.8, 4) is 0 Å². The SMILES string of the molecule is CC(C)N(C(C)C)S(=O)(=O)c1cccc(S(=O)(=O)N(C(C)C)C(C)C)c1C(=O)C(F)(F)C(F)(F)F. The molecule has 0 amide bonds. The van der Waals surface area contributed by atoms with E-state index in [0.717, 1.165) is 14.7 Å². The lowest BCUT2D eigenvalue weighted by atomic mass is 10.0. The Bertz CT molecular complexity index is 1060. The number of rotatable bonds is 10. The summed E-state index contributed by atoms with van der Waals surface area (Å²) in [6, 6.07) is -0.992. The number of hydrogen-bond acceptors (Lipinski definition) is 5. The molecule has 0 aliphatic carbocycles. The maximum atomic E-state index is 14.3. The number of nitrogens with zero attached hydrogens (tertiary/aromatic N) is 2.